The number of ether oxygens (including phenoxy) is 1. The van der Waals surface area contributed by atoms with Gasteiger partial charge < -0.3 is 15.0 Å². The van der Waals surface area contributed by atoms with Crippen LogP contribution in [-0.2, 0) is 0 Å². The van der Waals surface area contributed by atoms with E-state index in [1.807, 2.05) is 30.0 Å². The highest BCUT2D eigenvalue weighted by atomic mass is 19.1. The van der Waals surface area contributed by atoms with Crippen LogP contribution in [0.25, 0.3) is 0 Å². The zero-order chi connectivity index (χ0) is 19.2. The van der Waals surface area contributed by atoms with Crippen molar-refractivity contribution in [2.75, 3.05) is 31.6 Å². The Hall–Kier alpha value is -2.56. The number of hydrogen-bond donors (Lipinski definition) is 1. The van der Waals surface area contributed by atoms with Gasteiger partial charge >= 0.3 is 0 Å². The van der Waals surface area contributed by atoms with E-state index in [-0.39, 0.29) is 17.5 Å². The molecule has 0 bridgehead atoms. The Kier molecular flexibility index (Phi) is 6.32. The lowest BCUT2D eigenvalue weighted by molar-refractivity contribution is 0.0683. The van der Waals surface area contributed by atoms with E-state index >= 15 is 0 Å². The zero-order valence-corrected chi connectivity index (χ0v) is 16.0. The number of rotatable bonds is 6. The highest BCUT2D eigenvalue weighted by molar-refractivity contribution is 5.95. The van der Waals surface area contributed by atoms with Crippen LogP contribution in [0.15, 0.2) is 42.5 Å². The molecule has 2 aromatic carbocycles. The van der Waals surface area contributed by atoms with Crippen molar-refractivity contribution >= 4 is 11.6 Å². The third kappa shape index (κ3) is 5.00. The molecule has 1 aliphatic rings. The lowest BCUT2D eigenvalue weighted by Crippen LogP contribution is -2.39. The first-order valence-corrected chi connectivity index (χ1v) is 9.55. The summed E-state index contributed by atoms with van der Waals surface area (Å²) in [4.78, 5) is 14.7. The first kappa shape index (κ1) is 19.2. The fourth-order valence-corrected chi connectivity index (χ4v) is 3.46. The number of nitrogens with one attached hydrogen (secondary N) is 1. The maximum absolute atomic E-state index is 13.5. The number of amides is 1. The highest BCUT2D eigenvalue weighted by Gasteiger charge is 2.22. The molecular formula is C22H27FN2O2. The lowest BCUT2D eigenvalue weighted by atomic mass is 9.99. The number of piperidine rings is 1. The number of aryl methyl sites for hydroxylation is 1. The molecule has 5 heteroatoms. The average Bonchev–Trinajstić information content (AvgIpc) is 2.67. The summed E-state index contributed by atoms with van der Waals surface area (Å²) in [6.45, 7) is 6.76. The Morgan fingerprint density at radius 2 is 2.11 bits per heavy atom. The topological polar surface area (TPSA) is 41.6 Å². The maximum atomic E-state index is 13.5. The third-order valence-corrected chi connectivity index (χ3v) is 4.93. The van der Waals surface area contributed by atoms with Gasteiger partial charge in [0.25, 0.3) is 5.91 Å². The van der Waals surface area contributed by atoms with Gasteiger partial charge in [0.1, 0.15) is 6.61 Å². The number of hydrogen-bond acceptors (Lipinski definition) is 3. The molecule has 1 unspecified atom stereocenters. The molecule has 144 valence electrons. The normalized spacial score (nSPS) is 16.9. The number of carbonyl (C=O) groups is 1. The van der Waals surface area contributed by atoms with E-state index in [0.717, 1.165) is 36.3 Å². The molecule has 1 fully saturated rings. The zero-order valence-electron chi connectivity index (χ0n) is 16.0. The van der Waals surface area contributed by atoms with E-state index in [0.29, 0.717) is 19.1 Å². The summed E-state index contributed by atoms with van der Waals surface area (Å²) in [7, 11) is 0. The minimum atomic E-state index is -0.358. The molecule has 1 heterocycles. The van der Waals surface area contributed by atoms with E-state index in [1.165, 1.54) is 12.5 Å². The van der Waals surface area contributed by atoms with Crippen molar-refractivity contribution in [3.63, 3.8) is 0 Å². The molecule has 0 aliphatic carbocycles. The molecule has 1 saturated heterocycles. The quantitative estimate of drug-likeness (QED) is 0.762. The molecule has 2 aromatic rings. The number of para-hydroxylation sites is 1. The molecule has 3 rings (SSSR count). The number of anilines is 1. The van der Waals surface area contributed by atoms with Gasteiger partial charge in [-0.2, -0.15) is 0 Å². The smallest absolute Gasteiger partial charge is 0.253 e. The highest BCUT2D eigenvalue weighted by Crippen LogP contribution is 2.21. The minimum absolute atomic E-state index is 0.110. The molecule has 27 heavy (non-hydrogen) atoms. The van der Waals surface area contributed by atoms with Crippen LogP contribution in [0.4, 0.5) is 10.1 Å². The maximum Gasteiger partial charge on any atom is 0.253 e. The molecule has 1 atom stereocenters. The number of benzene rings is 2. The van der Waals surface area contributed by atoms with Crippen LogP contribution < -0.4 is 10.1 Å². The van der Waals surface area contributed by atoms with Gasteiger partial charge in [0.15, 0.2) is 11.6 Å². The summed E-state index contributed by atoms with van der Waals surface area (Å²) in [5.74, 6) is 0.578. The van der Waals surface area contributed by atoms with E-state index in [9.17, 15) is 9.18 Å². The first-order valence-electron chi connectivity index (χ1n) is 9.55. The number of carbonyl (C=O) groups excluding carboxylic acids is 1. The van der Waals surface area contributed by atoms with Crippen LogP contribution in [0.3, 0.4) is 0 Å². The number of halogens is 1. The van der Waals surface area contributed by atoms with Gasteiger partial charge in [0.05, 0.1) is 0 Å². The van der Waals surface area contributed by atoms with Crippen molar-refractivity contribution in [3.8, 4) is 5.75 Å². The second kappa shape index (κ2) is 8.89. The second-order valence-electron chi connectivity index (χ2n) is 7.23. The van der Waals surface area contributed by atoms with E-state index in [4.69, 9.17) is 4.74 Å². The van der Waals surface area contributed by atoms with Crippen LogP contribution in [0, 0.1) is 18.7 Å². The summed E-state index contributed by atoms with van der Waals surface area (Å²) >= 11 is 0. The van der Waals surface area contributed by atoms with E-state index in [2.05, 4.69) is 12.2 Å². The Labute approximate surface area is 160 Å². The third-order valence-electron chi connectivity index (χ3n) is 4.93. The number of likely N-dealkylation sites (tertiary alicyclic amines) is 1. The van der Waals surface area contributed by atoms with Crippen molar-refractivity contribution in [2.45, 2.75) is 26.7 Å². The van der Waals surface area contributed by atoms with Gasteiger partial charge in [-0.1, -0.05) is 19.1 Å². The Bertz CT molecular complexity index is 794. The van der Waals surface area contributed by atoms with Crippen molar-refractivity contribution in [1.29, 1.82) is 0 Å². The van der Waals surface area contributed by atoms with Crippen molar-refractivity contribution < 1.29 is 13.9 Å². The summed E-state index contributed by atoms with van der Waals surface area (Å²) in [5.41, 5.74) is 2.70. The SMILES string of the molecule is Cc1cc(C(=O)N2CCCC(C)C2)ccc1NCCOc1ccccc1F. The monoisotopic (exact) mass is 370 g/mol. The van der Waals surface area contributed by atoms with Gasteiger partial charge in [-0.15, -0.1) is 0 Å². The molecule has 1 amide bonds. The fraction of sp³-hybridized carbons (Fsp3) is 0.409. The summed E-state index contributed by atoms with van der Waals surface area (Å²) in [5, 5.41) is 3.28. The molecular weight excluding hydrogens is 343 g/mol. The van der Waals surface area contributed by atoms with Gasteiger partial charge in [0, 0.05) is 30.9 Å². The Balaban J connectivity index is 1.53. The average molecular weight is 370 g/mol. The van der Waals surface area contributed by atoms with Crippen LogP contribution in [0.5, 0.6) is 5.75 Å². The molecule has 0 aromatic heterocycles. The predicted molar refractivity (Wildman–Crippen MR) is 106 cm³/mol. The van der Waals surface area contributed by atoms with Gasteiger partial charge in [-0.05, 0) is 61.6 Å². The molecule has 0 saturated carbocycles. The van der Waals surface area contributed by atoms with Crippen LogP contribution in [0.2, 0.25) is 0 Å². The number of nitrogens with zero attached hydrogens (tertiary/aromatic N) is 1. The predicted octanol–water partition coefficient (Wildman–Crippen LogP) is 4.50. The van der Waals surface area contributed by atoms with E-state index in [1.54, 1.807) is 18.2 Å². The van der Waals surface area contributed by atoms with Crippen molar-refractivity contribution in [1.82, 2.24) is 4.90 Å². The molecule has 0 spiro atoms. The van der Waals surface area contributed by atoms with Gasteiger partial charge in [-0.3, -0.25) is 4.79 Å². The second-order valence-corrected chi connectivity index (χ2v) is 7.23. The fourth-order valence-electron chi connectivity index (χ4n) is 3.46. The van der Waals surface area contributed by atoms with Crippen molar-refractivity contribution in [2.24, 2.45) is 5.92 Å². The first-order chi connectivity index (χ1) is 13.0. The van der Waals surface area contributed by atoms with Crippen LogP contribution >= 0.6 is 0 Å². The van der Waals surface area contributed by atoms with Crippen molar-refractivity contribution in [3.05, 3.63) is 59.4 Å². The van der Waals surface area contributed by atoms with Crippen LogP contribution in [0.1, 0.15) is 35.7 Å². The molecule has 1 aliphatic heterocycles. The summed E-state index contributed by atoms with van der Waals surface area (Å²) in [6, 6.07) is 12.1. The van der Waals surface area contributed by atoms with Gasteiger partial charge in [0.2, 0.25) is 0 Å². The molecule has 4 nitrogen and oxygen atoms in total. The lowest BCUT2D eigenvalue weighted by Gasteiger charge is -2.31. The molecule has 0 radical (unpaired) electrons. The Morgan fingerprint density at radius 3 is 2.85 bits per heavy atom. The molecule has 1 N–H and O–H groups in total. The summed E-state index contributed by atoms with van der Waals surface area (Å²) in [6.07, 6.45) is 2.27. The van der Waals surface area contributed by atoms with E-state index < -0.39 is 0 Å². The minimum Gasteiger partial charge on any atom is -0.489 e. The van der Waals surface area contributed by atoms with Crippen LogP contribution in [-0.4, -0.2) is 37.0 Å². The standard InChI is InChI=1S/C22H27FN2O2/c1-16-6-5-12-25(15-16)22(26)18-9-10-20(17(2)14-18)24-11-13-27-21-8-4-3-7-19(21)23/h3-4,7-10,14,16,24H,5-6,11-13,15H2,1-2H3. The van der Waals surface area contributed by atoms with Gasteiger partial charge in [-0.25, -0.2) is 4.39 Å². The summed E-state index contributed by atoms with van der Waals surface area (Å²) < 4.78 is 19.0. The largest absolute Gasteiger partial charge is 0.489 e. The Morgan fingerprint density at radius 1 is 1.30 bits per heavy atom.